The predicted molar refractivity (Wildman–Crippen MR) is 117 cm³/mol. The van der Waals surface area contributed by atoms with Gasteiger partial charge in [0.1, 0.15) is 5.66 Å². The number of para-hydroxylation sites is 2. The molecule has 0 fully saturated rings. The van der Waals surface area contributed by atoms with Crippen molar-refractivity contribution in [3.8, 4) is 0 Å². The summed E-state index contributed by atoms with van der Waals surface area (Å²) < 4.78 is 27.2. The summed E-state index contributed by atoms with van der Waals surface area (Å²) in [6.45, 7) is 2.44. The van der Waals surface area contributed by atoms with Crippen LogP contribution in [0.5, 0.6) is 0 Å². The SMILES string of the molecule is CN(Cc1ccccc1)S(=O)(=O)c1ccc(CC2(C)Nc3ccccc3N2)cc1. The summed E-state index contributed by atoms with van der Waals surface area (Å²) in [6.07, 6.45) is 0.724. The van der Waals surface area contributed by atoms with Crippen LogP contribution in [0.1, 0.15) is 18.1 Å². The fourth-order valence-electron chi connectivity index (χ4n) is 3.71. The Kier molecular flexibility index (Phi) is 5.06. The average molecular weight is 408 g/mol. The van der Waals surface area contributed by atoms with Crippen LogP contribution in [0.2, 0.25) is 0 Å². The Hall–Kier alpha value is -2.83. The Morgan fingerprint density at radius 3 is 1.93 bits per heavy atom. The lowest BCUT2D eigenvalue weighted by atomic mass is 10.0. The van der Waals surface area contributed by atoms with E-state index >= 15 is 0 Å². The Labute approximate surface area is 172 Å². The van der Waals surface area contributed by atoms with E-state index < -0.39 is 10.0 Å². The smallest absolute Gasteiger partial charge is 0.243 e. The van der Waals surface area contributed by atoms with Crippen molar-refractivity contribution in [3.05, 3.63) is 90.0 Å². The van der Waals surface area contributed by atoms with Crippen LogP contribution in [0.25, 0.3) is 0 Å². The molecule has 3 aromatic carbocycles. The van der Waals surface area contributed by atoms with E-state index in [0.717, 1.165) is 28.9 Å². The number of fused-ring (bicyclic) bond motifs is 1. The first-order valence-electron chi connectivity index (χ1n) is 9.60. The minimum absolute atomic E-state index is 0.306. The molecule has 0 unspecified atom stereocenters. The molecule has 4 rings (SSSR count). The van der Waals surface area contributed by atoms with E-state index in [1.807, 2.05) is 66.7 Å². The molecule has 0 radical (unpaired) electrons. The van der Waals surface area contributed by atoms with Gasteiger partial charge < -0.3 is 10.6 Å². The first kappa shape index (κ1) is 19.5. The highest BCUT2D eigenvalue weighted by Crippen LogP contribution is 2.35. The molecule has 0 amide bonds. The summed E-state index contributed by atoms with van der Waals surface area (Å²) in [6, 6.07) is 24.9. The maximum Gasteiger partial charge on any atom is 0.243 e. The van der Waals surface area contributed by atoms with Crippen molar-refractivity contribution in [2.24, 2.45) is 0 Å². The second-order valence-corrected chi connectivity index (χ2v) is 9.74. The molecule has 3 aromatic rings. The molecule has 1 heterocycles. The van der Waals surface area contributed by atoms with E-state index in [4.69, 9.17) is 0 Å². The summed E-state index contributed by atoms with van der Waals surface area (Å²) >= 11 is 0. The van der Waals surface area contributed by atoms with E-state index in [1.165, 1.54) is 4.31 Å². The van der Waals surface area contributed by atoms with Crippen molar-refractivity contribution < 1.29 is 8.42 Å². The average Bonchev–Trinajstić information content (AvgIpc) is 3.04. The van der Waals surface area contributed by atoms with Gasteiger partial charge in [0.05, 0.1) is 16.3 Å². The fourth-order valence-corrected chi connectivity index (χ4v) is 4.87. The van der Waals surface area contributed by atoms with Gasteiger partial charge in [-0.2, -0.15) is 4.31 Å². The summed E-state index contributed by atoms with van der Waals surface area (Å²) in [7, 11) is -1.93. The Balaban J connectivity index is 1.46. The molecule has 1 aliphatic rings. The third-order valence-corrected chi connectivity index (χ3v) is 7.00. The molecule has 0 saturated carbocycles. The molecule has 0 bridgehead atoms. The molecule has 0 aromatic heterocycles. The molecular formula is C23H25N3O2S. The maximum atomic E-state index is 12.9. The van der Waals surface area contributed by atoms with Crippen molar-refractivity contribution in [2.45, 2.75) is 30.4 Å². The van der Waals surface area contributed by atoms with Gasteiger partial charge in [0.25, 0.3) is 0 Å². The van der Waals surface area contributed by atoms with Crippen LogP contribution >= 0.6 is 0 Å². The molecule has 6 heteroatoms. The van der Waals surface area contributed by atoms with Crippen LogP contribution in [0.15, 0.2) is 83.8 Å². The van der Waals surface area contributed by atoms with Crippen LogP contribution < -0.4 is 10.6 Å². The first-order valence-corrected chi connectivity index (χ1v) is 11.0. The molecule has 0 saturated heterocycles. The number of nitrogens with one attached hydrogen (secondary N) is 2. The van der Waals surface area contributed by atoms with Gasteiger partial charge in [0.2, 0.25) is 10.0 Å². The number of benzene rings is 3. The van der Waals surface area contributed by atoms with Crippen LogP contribution in [0, 0.1) is 0 Å². The second kappa shape index (κ2) is 7.54. The highest BCUT2D eigenvalue weighted by molar-refractivity contribution is 7.89. The zero-order valence-electron chi connectivity index (χ0n) is 16.6. The highest BCUT2D eigenvalue weighted by atomic mass is 32.2. The van der Waals surface area contributed by atoms with Crippen LogP contribution in [-0.2, 0) is 23.0 Å². The Morgan fingerprint density at radius 1 is 0.793 bits per heavy atom. The van der Waals surface area contributed by atoms with Crippen LogP contribution in [-0.4, -0.2) is 25.4 Å². The summed E-state index contributed by atoms with van der Waals surface area (Å²) in [5.74, 6) is 0. The minimum atomic E-state index is -3.54. The van der Waals surface area contributed by atoms with Gasteiger partial charge in [-0.15, -0.1) is 0 Å². The number of anilines is 2. The summed E-state index contributed by atoms with van der Waals surface area (Å²) in [4.78, 5) is 0.306. The number of hydrogen-bond acceptors (Lipinski definition) is 4. The van der Waals surface area contributed by atoms with Crippen molar-refractivity contribution in [3.63, 3.8) is 0 Å². The molecule has 29 heavy (non-hydrogen) atoms. The molecule has 2 N–H and O–H groups in total. The third-order valence-electron chi connectivity index (χ3n) is 5.19. The molecule has 0 atom stereocenters. The third kappa shape index (κ3) is 4.13. The quantitative estimate of drug-likeness (QED) is 0.639. The molecule has 0 aliphatic carbocycles. The Morgan fingerprint density at radius 2 is 1.34 bits per heavy atom. The highest BCUT2D eigenvalue weighted by Gasteiger charge is 2.31. The van der Waals surface area contributed by atoms with Gasteiger partial charge in [-0.3, -0.25) is 0 Å². The summed E-state index contributed by atoms with van der Waals surface area (Å²) in [5, 5.41) is 7.02. The van der Waals surface area contributed by atoms with Gasteiger partial charge >= 0.3 is 0 Å². The lowest BCUT2D eigenvalue weighted by Crippen LogP contribution is -2.40. The lowest BCUT2D eigenvalue weighted by molar-refractivity contribution is 0.466. The molecular weight excluding hydrogens is 382 g/mol. The van der Waals surface area contributed by atoms with Crippen molar-refractivity contribution in [1.29, 1.82) is 0 Å². The monoisotopic (exact) mass is 407 g/mol. The van der Waals surface area contributed by atoms with Gasteiger partial charge in [-0.05, 0) is 42.3 Å². The number of nitrogens with zero attached hydrogens (tertiary/aromatic N) is 1. The van der Waals surface area contributed by atoms with Crippen molar-refractivity contribution in [2.75, 3.05) is 17.7 Å². The van der Waals surface area contributed by atoms with E-state index in [1.54, 1.807) is 19.2 Å². The molecule has 0 spiro atoms. The molecule has 1 aliphatic heterocycles. The predicted octanol–water partition coefficient (Wildman–Crippen LogP) is 4.30. The second-order valence-electron chi connectivity index (χ2n) is 7.70. The number of rotatable bonds is 6. The van der Waals surface area contributed by atoms with E-state index in [0.29, 0.717) is 11.4 Å². The Bertz CT molecular complexity index is 1070. The topological polar surface area (TPSA) is 61.4 Å². The standard InChI is InChI=1S/C23H25N3O2S/c1-23(24-21-10-6-7-11-22(21)25-23)16-18-12-14-20(15-13-18)29(27,28)26(2)17-19-8-4-3-5-9-19/h3-15,24-25H,16-17H2,1-2H3. The van der Waals surface area contributed by atoms with E-state index in [9.17, 15) is 8.42 Å². The fraction of sp³-hybridized carbons (Fsp3) is 0.217. The van der Waals surface area contributed by atoms with Gasteiger partial charge in [0, 0.05) is 20.0 Å². The summed E-state index contributed by atoms with van der Waals surface area (Å²) in [5.41, 5.74) is 3.87. The zero-order chi connectivity index (χ0) is 20.5. The lowest BCUT2D eigenvalue weighted by Gasteiger charge is -2.26. The largest absolute Gasteiger partial charge is 0.361 e. The minimum Gasteiger partial charge on any atom is -0.361 e. The first-order chi connectivity index (χ1) is 13.9. The van der Waals surface area contributed by atoms with Crippen molar-refractivity contribution >= 4 is 21.4 Å². The van der Waals surface area contributed by atoms with Gasteiger partial charge in [-0.25, -0.2) is 8.42 Å². The maximum absolute atomic E-state index is 12.9. The van der Waals surface area contributed by atoms with Gasteiger partial charge in [-0.1, -0.05) is 54.6 Å². The van der Waals surface area contributed by atoms with Crippen LogP contribution in [0.3, 0.4) is 0 Å². The van der Waals surface area contributed by atoms with Gasteiger partial charge in [0.15, 0.2) is 0 Å². The van der Waals surface area contributed by atoms with E-state index in [2.05, 4.69) is 17.6 Å². The van der Waals surface area contributed by atoms with Crippen molar-refractivity contribution in [1.82, 2.24) is 4.31 Å². The zero-order valence-corrected chi connectivity index (χ0v) is 17.4. The molecule has 150 valence electrons. The van der Waals surface area contributed by atoms with Crippen LogP contribution in [0.4, 0.5) is 11.4 Å². The number of sulfonamides is 1. The molecule has 5 nitrogen and oxygen atoms in total. The van der Waals surface area contributed by atoms with E-state index in [-0.39, 0.29) is 5.66 Å². The number of hydrogen-bond donors (Lipinski definition) is 2. The normalized spacial score (nSPS) is 14.9.